The van der Waals surface area contributed by atoms with Gasteiger partial charge < -0.3 is 14.2 Å². The molecule has 0 bridgehead atoms. The highest BCUT2D eigenvalue weighted by atomic mass is 32.2. The van der Waals surface area contributed by atoms with Gasteiger partial charge in [0.05, 0.1) is 31.0 Å². The van der Waals surface area contributed by atoms with E-state index >= 15 is 0 Å². The average Bonchev–Trinajstić information content (AvgIpc) is 2.81. The second kappa shape index (κ2) is 10.7. The van der Waals surface area contributed by atoms with Gasteiger partial charge in [-0.15, -0.1) is 0 Å². The van der Waals surface area contributed by atoms with Crippen molar-refractivity contribution in [3.05, 3.63) is 58.7 Å². The molecule has 2 aromatic rings. The lowest BCUT2D eigenvalue weighted by Gasteiger charge is -2.28. The summed E-state index contributed by atoms with van der Waals surface area (Å²) in [6, 6.07) is 13.2. The predicted octanol–water partition coefficient (Wildman–Crippen LogP) is 3.18. The number of sulfonamides is 1. The molecular weight excluding hydrogens is 444 g/mol. The second-order valence-corrected chi connectivity index (χ2v) is 10.1. The Balaban J connectivity index is 1.63. The fourth-order valence-electron chi connectivity index (χ4n) is 3.55. The number of benzene rings is 2. The molecule has 0 spiro atoms. The monoisotopic (exact) mass is 472 g/mol. The van der Waals surface area contributed by atoms with Gasteiger partial charge in [-0.2, -0.15) is 9.57 Å². The van der Waals surface area contributed by atoms with Gasteiger partial charge in [-0.3, -0.25) is 4.79 Å². The molecule has 1 aliphatic rings. The van der Waals surface area contributed by atoms with E-state index in [0.29, 0.717) is 36.6 Å². The number of ether oxygens (including phenoxy) is 3. The predicted molar refractivity (Wildman–Crippen MR) is 122 cm³/mol. The van der Waals surface area contributed by atoms with Crippen LogP contribution in [-0.2, 0) is 39.1 Å². The number of carbonyl (C=O) groups is 1. The Bertz CT molecular complexity index is 1150. The van der Waals surface area contributed by atoms with Crippen molar-refractivity contribution < 1.29 is 27.4 Å². The summed E-state index contributed by atoms with van der Waals surface area (Å²) in [6.07, 6.45) is 0.380. The van der Waals surface area contributed by atoms with Crippen LogP contribution >= 0.6 is 0 Å². The maximum absolute atomic E-state index is 12.5. The van der Waals surface area contributed by atoms with Crippen LogP contribution in [0, 0.1) is 11.3 Å². The van der Waals surface area contributed by atoms with E-state index in [9.17, 15) is 18.5 Å². The zero-order chi connectivity index (χ0) is 24.0. The lowest BCUT2D eigenvalue weighted by atomic mass is 10.0. The van der Waals surface area contributed by atoms with Gasteiger partial charge in [0.25, 0.3) is 0 Å². The van der Waals surface area contributed by atoms with Crippen LogP contribution in [0.4, 0.5) is 0 Å². The fourth-order valence-corrected chi connectivity index (χ4v) is 4.94. The first-order valence-electron chi connectivity index (χ1n) is 10.7. The highest BCUT2D eigenvalue weighted by molar-refractivity contribution is 7.89. The standard InChI is InChI=1S/C24H28N2O6S/c1-17(2)32-23-7-4-18(12-21(23)14-25)16-31-22-6-5-20-15-26(10-8-19(20)13-22)33(28,29)11-9-24(27)30-3/h4-7,12-13,17H,8-11,15-16H2,1-3H3. The van der Waals surface area contributed by atoms with E-state index in [0.717, 1.165) is 16.7 Å². The van der Waals surface area contributed by atoms with Crippen LogP contribution in [-0.4, -0.2) is 44.2 Å². The van der Waals surface area contributed by atoms with Crippen LogP contribution in [0.3, 0.4) is 0 Å². The van der Waals surface area contributed by atoms with E-state index in [-0.39, 0.29) is 24.8 Å². The topological polar surface area (TPSA) is 106 Å². The molecule has 1 aliphatic heterocycles. The summed E-state index contributed by atoms with van der Waals surface area (Å²) in [5.74, 6) is 0.427. The molecule has 0 N–H and O–H groups in total. The Kier molecular flexibility index (Phi) is 7.95. The van der Waals surface area contributed by atoms with Gasteiger partial charge >= 0.3 is 5.97 Å². The van der Waals surface area contributed by atoms with Gasteiger partial charge in [0.2, 0.25) is 10.0 Å². The summed E-state index contributed by atoms with van der Waals surface area (Å²) in [4.78, 5) is 11.3. The molecule has 0 saturated heterocycles. The van der Waals surface area contributed by atoms with E-state index in [2.05, 4.69) is 10.8 Å². The number of rotatable bonds is 9. The summed E-state index contributed by atoms with van der Waals surface area (Å²) < 4.78 is 42.6. The van der Waals surface area contributed by atoms with Gasteiger partial charge in [0.15, 0.2) is 0 Å². The number of nitriles is 1. The fraction of sp³-hybridized carbons (Fsp3) is 0.417. The molecule has 9 heteroatoms. The SMILES string of the molecule is COC(=O)CCS(=O)(=O)N1CCc2cc(OCc3ccc(OC(C)C)c(C#N)c3)ccc2C1. The molecule has 0 radical (unpaired) electrons. The molecule has 0 aliphatic carbocycles. The number of fused-ring (bicyclic) bond motifs is 1. The van der Waals surface area contributed by atoms with Crippen LogP contribution in [0.5, 0.6) is 11.5 Å². The molecule has 0 atom stereocenters. The van der Waals surface area contributed by atoms with E-state index in [1.165, 1.54) is 11.4 Å². The van der Waals surface area contributed by atoms with Crippen molar-refractivity contribution in [1.82, 2.24) is 4.31 Å². The van der Waals surface area contributed by atoms with Crippen molar-refractivity contribution >= 4 is 16.0 Å². The van der Waals surface area contributed by atoms with Crippen LogP contribution in [0.2, 0.25) is 0 Å². The number of hydrogen-bond donors (Lipinski definition) is 0. The van der Waals surface area contributed by atoms with Crippen molar-refractivity contribution in [1.29, 1.82) is 5.26 Å². The van der Waals surface area contributed by atoms with Crippen molar-refractivity contribution in [2.24, 2.45) is 0 Å². The van der Waals surface area contributed by atoms with Gasteiger partial charge in [-0.05, 0) is 61.2 Å². The molecule has 33 heavy (non-hydrogen) atoms. The second-order valence-electron chi connectivity index (χ2n) is 8.05. The third-order valence-corrected chi connectivity index (χ3v) is 7.09. The molecule has 0 aromatic heterocycles. The van der Waals surface area contributed by atoms with Crippen molar-refractivity contribution in [2.75, 3.05) is 19.4 Å². The zero-order valence-electron chi connectivity index (χ0n) is 19.0. The first kappa shape index (κ1) is 24.6. The third kappa shape index (κ3) is 6.46. The number of methoxy groups -OCH3 is 1. The highest BCUT2D eigenvalue weighted by Gasteiger charge is 2.27. The summed E-state index contributed by atoms with van der Waals surface area (Å²) in [5, 5.41) is 9.38. The number of hydrogen-bond acceptors (Lipinski definition) is 7. The summed E-state index contributed by atoms with van der Waals surface area (Å²) in [6.45, 7) is 4.73. The summed E-state index contributed by atoms with van der Waals surface area (Å²) in [5.41, 5.74) is 3.26. The van der Waals surface area contributed by atoms with Crippen molar-refractivity contribution in [3.8, 4) is 17.6 Å². The van der Waals surface area contributed by atoms with Crippen LogP contribution < -0.4 is 9.47 Å². The maximum atomic E-state index is 12.5. The Hall–Kier alpha value is -3.09. The summed E-state index contributed by atoms with van der Waals surface area (Å²) in [7, 11) is -2.30. The molecule has 0 saturated carbocycles. The largest absolute Gasteiger partial charge is 0.490 e. The first-order chi connectivity index (χ1) is 15.7. The molecule has 3 rings (SSSR count). The van der Waals surface area contributed by atoms with Gasteiger partial charge in [-0.25, -0.2) is 8.42 Å². The lowest BCUT2D eigenvalue weighted by Crippen LogP contribution is -2.37. The Morgan fingerprint density at radius 1 is 1.18 bits per heavy atom. The molecule has 0 amide bonds. The number of carbonyl (C=O) groups excluding carboxylic acids is 1. The maximum Gasteiger partial charge on any atom is 0.306 e. The molecule has 8 nitrogen and oxygen atoms in total. The number of esters is 1. The van der Waals surface area contributed by atoms with Gasteiger partial charge in [0, 0.05) is 13.1 Å². The quantitative estimate of drug-likeness (QED) is 0.516. The van der Waals surface area contributed by atoms with E-state index < -0.39 is 16.0 Å². The summed E-state index contributed by atoms with van der Waals surface area (Å²) >= 11 is 0. The minimum atomic E-state index is -3.54. The third-order valence-electron chi connectivity index (χ3n) is 5.27. The Morgan fingerprint density at radius 2 is 1.97 bits per heavy atom. The van der Waals surface area contributed by atoms with Crippen molar-refractivity contribution in [2.45, 2.75) is 45.9 Å². The van der Waals surface area contributed by atoms with E-state index in [1.54, 1.807) is 12.1 Å². The van der Waals surface area contributed by atoms with Gasteiger partial charge in [-0.1, -0.05) is 12.1 Å². The molecular formula is C24H28N2O6S. The molecule has 0 unspecified atom stereocenters. The Morgan fingerprint density at radius 3 is 2.67 bits per heavy atom. The molecule has 2 aromatic carbocycles. The van der Waals surface area contributed by atoms with E-state index in [4.69, 9.17) is 9.47 Å². The smallest absolute Gasteiger partial charge is 0.306 e. The highest BCUT2D eigenvalue weighted by Crippen LogP contribution is 2.27. The first-order valence-corrected chi connectivity index (χ1v) is 12.3. The van der Waals surface area contributed by atoms with Crippen LogP contribution in [0.1, 0.15) is 42.5 Å². The normalized spacial score (nSPS) is 13.8. The zero-order valence-corrected chi connectivity index (χ0v) is 19.9. The lowest BCUT2D eigenvalue weighted by molar-refractivity contribution is -0.140. The van der Waals surface area contributed by atoms with Gasteiger partial charge in [0.1, 0.15) is 24.2 Å². The molecule has 1 heterocycles. The molecule has 0 fully saturated rings. The minimum Gasteiger partial charge on any atom is -0.490 e. The Labute approximate surface area is 194 Å². The van der Waals surface area contributed by atoms with E-state index in [1.807, 2.05) is 38.1 Å². The average molecular weight is 473 g/mol. The van der Waals surface area contributed by atoms with Crippen LogP contribution in [0.15, 0.2) is 36.4 Å². The minimum absolute atomic E-state index is 0.0199. The van der Waals surface area contributed by atoms with Crippen LogP contribution in [0.25, 0.3) is 0 Å². The van der Waals surface area contributed by atoms with Crippen molar-refractivity contribution in [3.63, 3.8) is 0 Å². The molecule has 176 valence electrons. The number of nitrogens with zero attached hydrogens (tertiary/aromatic N) is 2.